The van der Waals surface area contributed by atoms with Crippen LogP contribution in [0.2, 0.25) is 0 Å². The predicted octanol–water partition coefficient (Wildman–Crippen LogP) is 1.92. The zero-order valence-corrected chi connectivity index (χ0v) is 13.4. The number of fused-ring (bicyclic) bond motifs is 1. The normalized spacial score (nSPS) is 13.4. The second-order valence-electron chi connectivity index (χ2n) is 5.90. The molecule has 21 heavy (non-hydrogen) atoms. The van der Waals surface area contributed by atoms with Crippen LogP contribution in [-0.4, -0.2) is 48.2 Å². The highest BCUT2D eigenvalue weighted by Crippen LogP contribution is 2.33. The van der Waals surface area contributed by atoms with Crippen molar-refractivity contribution in [1.82, 2.24) is 4.98 Å². The fraction of sp³-hybridized carbons (Fsp3) is 0.462. The maximum Gasteiger partial charge on any atom is 0.273 e. The molecule has 0 amide bonds. The first-order valence-corrected chi connectivity index (χ1v) is 7.37. The molecule has 0 fully saturated rings. The molecule has 7 nitrogen and oxygen atoms in total. The van der Waals surface area contributed by atoms with E-state index < -0.39 is 0 Å². The summed E-state index contributed by atoms with van der Waals surface area (Å²) in [6, 6.07) is 3.18. The summed E-state index contributed by atoms with van der Waals surface area (Å²) >= 11 is 1.42. The molecule has 1 heterocycles. The molecule has 1 atom stereocenters. The number of nitro groups is 1. The van der Waals surface area contributed by atoms with Gasteiger partial charge in [-0.3, -0.25) is 15.8 Å². The summed E-state index contributed by atoms with van der Waals surface area (Å²) in [5.41, 5.74) is 7.63. The van der Waals surface area contributed by atoms with Gasteiger partial charge in [0.25, 0.3) is 5.69 Å². The van der Waals surface area contributed by atoms with Gasteiger partial charge >= 0.3 is 0 Å². The number of nitrogens with two attached hydrogens (primary N) is 1. The smallest absolute Gasteiger partial charge is 0.273 e. The summed E-state index contributed by atoms with van der Waals surface area (Å²) in [6.07, 6.45) is -0.0626. The molecule has 0 bridgehead atoms. The molecular weight excluding hydrogens is 290 g/mol. The summed E-state index contributed by atoms with van der Waals surface area (Å²) < 4.78 is 1.48. The number of anilines is 1. The number of thiazole rings is 1. The lowest BCUT2D eigenvalue weighted by atomic mass is 10.2. The highest BCUT2D eigenvalue weighted by molar-refractivity contribution is 7.22. The fourth-order valence-electron chi connectivity index (χ4n) is 1.85. The lowest BCUT2D eigenvalue weighted by molar-refractivity contribution is -0.893. The number of nitrogens with one attached hydrogen (secondary N) is 1. The lowest BCUT2D eigenvalue weighted by Gasteiger charge is -2.31. The molecule has 2 aromatic rings. The second-order valence-corrected chi connectivity index (χ2v) is 6.90. The van der Waals surface area contributed by atoms with Crippen molar-refractivity contribution < 1.29 is 9.41 Å². The monoisotopic (exact) mass is 310 g/mol. The maximum atomic E-state index is 11.0. The second kappa shape index (κ2) is 5.55. The number of quaternary nitrogens is 1. The molecule has 0 saturated carbocycles. The third kappa shape index (κ3) is 3.29. The van der Waals surface area contributed by atoms with Gasteiger partial charge in [-0.25, -0.2) is 4.98 Å². The Balaban J connectivity index is 2.24. The van der Waals surface area contributed by atoms with Crippen molar-refractivity contribution in [2.24, 2.45) is 5.73 Å². The predicted molar refractivity (Wildman–Crippen MR) is 85.5 cm³/mol. The van der Waals surface area contributed by atoms with Crippen LogP contribution in [0.1, 0.15) is 5.56 Å². The Hall–Kier alpha value is -1.77. The van der Waals surface area contributed by atoms with Crippen LogP contribution in [0.15, 0.2) is 12.1 Å². The molecule has 0 spiro atoms. The Bertz CT molecular complexity index is 677. The maximum absolute atomic E-state index is 11.0. The third-order valence-electron chi connectivity index (χ3n) is 3.43. The van der Waals surface area contributed by atoms with Gasteiger partial charge in [0.1, 0.15) is 0 Å². The summed E-state index contributed by atoms with van der Waals surface area (Å²) in [7, 11) is 6.08. The van der Waals surface area contributed by atoms with Gasteiger partial charge in [0, 0.05) is 11.6 Å². The van der Waals surface area contributed by atoms with E-state index in [0.717, 1.165) is 15.3 Å². The third-order valence-corrected chi connectivity index (χ3v) is 4.58. The first-order chi connectivity index (χ1) is 9.70. The average Bonchev–Trinajstić information content (AvgIpc) is 2.78. The molecule has 1 aromatic heterocycles. The topological polar surface area (TPSA) is 94.1 Å². The van der Waals surface area contributed by atoms with Crippen LogP contribution in [0.3, 0.4) is 0 Å². The number of nitrogens with zero attached hydrogens (tertiary/aromatic N) is 3. The first kappa shape index (κ1) is 15.6. The summed E-state index contributed by atoms with van der Waals surface area (Å²) in [5, 5.41) is 14.9. The van der Waals surface area contributed by atoms with Crippen molar-refractivity contribution in [1.29, 1.82) is 0 Å². The number of hydrogen-bond donors (Lipinski definition) is 2. The van der Waals surface area contributed by atoms with E-state index in [1.807, 2.05) is 21.1 Å². The summed E-state index contributed by atoms with van der Waals surface area (Å²) in [4.78, 5) is 15.0. The zero-order valence-electron chi connectivity index (χ0n) is 12.6. The Morgan fingerprint density at radius 3 is 2.71 bits per heavy atom. The number of nitro benzene ring substituents is 1. The SMILES string of the molecule is Cc1c([N+](=O)[O-])ccc2nc(NCC(N)[N+](C)(C)C)sc12. The van der Waals surface area contributed by atoms with Crippen molar-refractivity contribution in [2.75, 3.05) is 33.0 Å². The van der Waals surface area contributed by atoms with E-state index in [1.165, 1.54) is 17.4 Å². The number of benzene rings is 1. The van der Waals surface area contributed by atoms with Crippen LogP contribution < -0.4 is 11.1 Å². The van der Waals surface area contributed by atoms with Gasteiger partial charge in [0.2, 0.25) is 0 Å². The van der Waals surface area contributed by atoms with E-state index in [0.29, 0.717) is 16.6 Å². The Labute approximate surface area is 127 Å². The summed E-state index contributed by atoms with van der Waals surface area (Å²) in [6.45, 7) is 2.34. The van der Waals surface area contributed by atoms with Crippen LogP contribution >= 0.6 is 11.3 Å². The number of aromatic nitrogens is 1. The average molecular weight is 310 g/mol. The van der Waals surface area contributed by atoms with Crippen molar-refractivity contribution >= 4 is 32.4 Å². The molecule has 0 aliphatic carbocycles. The highest BCUT2D eigenvalue weighted by atomic mass is 32.1. The van der Waals surface area contributed by atoms with E-state index in [4.69, 9.17) is 5.73 Å². The number of hydrogen-bond acceptors (Lipinski definition) is 6. The van der Waals surface area contributed by atoms with Crippen molar-refractivity contribution in [2.45, 2.75) is 13.1 Å². The van der Waals surface area contributed by atoms with Crippen LogP contribution in [0.5, 0.6) is 0 Å². The van der Waals surface area contributed by atoms with E-state index in [9.17, 15) is 10.1 Å². The van der Waals surface area contributed by atoms with Gasteiger partial charge in [-0.1, -0.05) is 11.3 Å². The molecule has 3 N–H and O–H groups in total. The van der Waals surface area contributed by atoms with Crippen LogP contribution in [0.25, 0.3) is 10.2 Å². The molecular formula is C13H20N5O2S+. The van der Waals surface area contributed by atoms with Crippen LogP contribution in [-0.2, 0) is 0 Å². The molecule has 0 aliphatic rings. The van der Waals surface area contributed by atoms with Gasteiger partial charge < -0.3 is 9.80 Å². The van der Waals surface area contributed by atoms with E-state index >= 15 is 0 Å². The minimum Gasteiger partial charge on any atom is -0.354 e. The molecule has 0 radical (unpaired) electrons. The Morgan fingerprint density at radius 2 is 2.14 bits per heavy atom. The summed E-state index contributed by atoms with van der Waals surface area (Å²) in [5.74, 6) is 0. The molecule has 0 aliphatic heterocycles. The largest absolute Gasteiger partial charge is 0.354 e. The molecule has 114 valence electrons. The number of rotatable bonds is 5. The molecule has 8 heteroatoms. The van der Waals surface area contributed by atoms with Gasteiger partial charge in [-0.15, -0.1) is 0 Å². The molecule has 2 rings (SSSR count). The van der Waals surface area contributed by atoms with Gasteiger partial charge in [0.15, 0.2) is 11.3 Å². The zero-order chi connectivity index (χ0) is 15.8. The van der Waals surface area contributed by atoms with Gasteiger partial charge in [-0.2, -0.15) is 0 Å². The quantitative estimate of drug-likeness (QED) is 0.381. The molecule has 1 aromatic carbocycles. The minimum atomic E-state index is -0.366. The highest BCUT2D eigenvalue weighted by Gasteiger charge is 2.20. The number of aryl methyl sites for hydroxylation is 1. The standard InChI is InChI=1S/C13H20N5O2S/c1-8-10(17(19)20)6-5-9-12(8)21-13(16-9)15-7-11(14)18(2,3)4/h5-6,11H,7,14H2,1-4H3,(H,15,16)/q+1. The number of likely N-dealkylation sites (N-methyl/N-ethyl adjacent to an activating group) is 1. The van der Waals surface area contributed by atoms with Crippen LogP contribution in [0.4, 0.5) is 10.8 Å². The van der Waals surface area contributed by atoms with Gasteiger partial charge in [-0.05, 0) is 13.0 Å². The van der Waals surface area contributed by atoms with Crippen LogP contribution in [0, 0.1) is 17.0 Å². The molecule has 1 unspecified atom stereocenters. The molecule has 0 saturated heterocycles. The Kier molecular flexibility index (Phi) is 4.13. The fourth-order valence-corrected chi connectivity index (χ4v) is 2.82. The minimum absolute atomic E-state index is 0.0626. The van der Waals surface area contributed by atoms with Crippen molar-refractivity contribution in [3.8, 4) is 0 Å². The van der Waals surface area contributed by atoms with E-state index in [2.05, 4.69) is 10.3 Å². The first-order valence-electron chi connectivity index (χ1n) is 6.55. The van der Waals surface area contributed by atoms with Gasteiger partial charge in [0.05, 0.1) is 42.8 Å². The Morgan fingerprint density at radius 1 is 1.48 bits per heavy atom. The van der Waals surface area contributed by atoms with E-state index in [-0.39, 0.29) is 16.8 Å². The van der Waals surface area contributed by atoms with Crippen molar-refractivity contribution in [3.63, 3.8) is 0 Å². The van der Waals surface area contributed by atoms with E-state index in [1.54, 1.807) is 13.0 Å². The van der Waals surface area contributed by atoms with Crippen molar-refractivity contribution in [3.05, 3.63) is 27.8 Å². The lowest BCUT2D eigenvalue weighted by Crippen LogP contribution is -2.54.